The van der Waals surface area contributed by atoms with Crippen molar-refractivity contribution in [3.05, 3.63) is 71.8 Å². The number of hydrogen-bond acceptors (Lipinski definition) is 5. The highest BCUT2D eigenvalue weighted by Gasteiger charge is 2.06. The molecule has 2 aromatic rings. The molecule has 5 heteroatoms. The van der Waals surface area contributed by atoms with Crippen molar-refractivity contribution in [1.29, 1.82) is 0 Å². The molecule has 0 radical (unpaired) electrons. The highest BCUT2D eigenvalue weighted by Crippen LogP contribution is 2.28. The van der Waals surface area contributed by atoms with Gasteiger partial charge < -0.3 is 0 Å². The molecule has 0 atom stereocenters. The van der Waals surface area contributed by atoms with Crippen molar-refractivity contribution in [2.45, 2.75) is 11.5 Å². The summed E-state index contributed by atoms with van der Waals surface area (Å²) in [5.41, 5.74) is 2.57. The Morgan fingerprint density at radius 1 is 0.667 bits per heavy atom. The van der Waals surface area contributed by atoms with E-state index in [9.17, 15) is 0 Å². The predicted molar refractivity (Wildman–Crippen MR) is 108 cm³/mol. The van der Waals surface area contributed by atoms with E-state index in [2.05, 4.69) is 24.3 Å². The maximum Gasteiger partial charge on any atom is 0.110 e. The van der Waals surface area contributed by atoms with Crippen molar-refractivity contribution in [3.8, 4) is 0 Å². The molecule has 0 aliphatic carbocycles. The van der Waals surface area contributed by atoms with Gasteiger partial charge in [0.25, 0.3) is 0 Å². The summed E-state index contributed by atoms with van der Waals surface area (Å²) in [5.74, 6) is 1.80. The van der Waals surface area contributed by atoms with E-state index >= 15 is 0 Å². The summed E-state index contributed by atoms with van der Waals surface area (Å²) in [6.07, 6.45) is 0. The molecule has 0 saturated carbocycles. The minimum atomic E-state index is 0.893. The fourth-order valence-electron chi connectivity index (χ4n) is 1.56. The topological polar surface area (TPSA) is 0 Å². The Kier molecular flexibility index (Phi) is 7.82. The van der Waals surface area contributed by atoms with Crippen molar-refractivity contribution in [2.75, 3.05) is 0 Å². The summed E-state index contributed by atoms with van der Waals surface area (Å²) >= 11 is 15.6. The van der Waals surface area contributed by atoms with Gasteiger partial charge in [0, 0.05) is 11.5 Å². The largest absolute Gasteiger partial charge is 0.110 e. The lowest BCUT2D eigenvalue weighted by molar-refractivity contribution is 1.43. The third-order valence-electron chi connectivity index (χ3n) is 2.57. The first-order chi connectivity index (χ1) is 10.2. The molecular weight excluding hydrogens is 353 g/mol. The van der Waals surface area contributed by atoms with Gasteiger partial charge in [0.15, 0.2) is 0 Å². The summed E-state index contributed by atoms with van der Waals surface area (Å²) in [4.78, 5) is 0. The Labute approximate surface area is 149 Å². The Morgan fingerprint density at radius 3 is 1.43 bits per heavy atom. The smallest absolute Gasteiger partial charge is 0.103 e. The molecule has 0 saturated heterocycles. The van der Waals surface area contributed by atoms with Crippen molar-refractivity contribution >= 4 is 66.8 Å². The number of benzene rings is 2. The van der Waals surface area contributed by atoms with E-state index in [1.54, 1.807) is 23.5 Å². The monoisotopic (exact) mass is 366 g/mol. The second-order valence-corrected chi connectivity index (χ2v) is 9.51. The average Bonchev–Trinajstić information content (AvgIpc) is 2.53. The second-order valence-electron chi connectivity index (χ2n) is 4.15. The maximum absolute atomic E-state index is 5.39. The summed E-state index contributed by atoms with van der Waals surface area (Å²) in [7, 11) is 0. The van der Waals surface area contributed by atoms with Gasteiger partial charge >= 0.3 is 0 Å². The first-order valence-corrected chi connectivity index (χ1v) is 9.93. The number of rotatable bonds is 4. The standard InChI is InChI=1S/C16H14S5/c17-15(19-11-13-7-3-1-4-8-13)21-16(18)20-12-14-9-5-2-6-10-14/h1-10H,11-12H2. The third-order valence-corrected chi connectivity index (χ3v) is 6.74. The van der Waals surface area contributed by atoms with E-state index in [0.29, 0.717) is 0 Å². The Balaban J connectivity index is 1.69. The Hall–Kier alpha value is -0.330. The van der Waals surface area contributed by atoms with Gasteiger partial charge in [-0.05, 0) is 11.1 Å². The van der Waals surface area contributed by atoms with E-state index in [1.165, 1.54) is 22.9 Å². The van der Waals surface area contributed by atoms with Crippen molar-refractivity contribution in [3.63, 3.8) is 0 Å². The Bertz CT molecular complexity index is 527. The highest BCUT2D eigenvalue weighted by atomic mass is 32.3. The zero-order chi connectivity index (χ0) is 14.9. The van der Waals surface area contributed by atoms with E-state index in [0.717, 1.165) is 18.6 Å². The highest BCUT2D eigenvalue weighted by molar-refractivity contribution is 8.62. The van der Waals surface area contributed by atoms with Gasteiger partial charge in [0.05, 0.1) is 0 Å². The van der Waals surface area contributed by atoms with Crippen molar-refractivity contribution in [1.82, 2.24) is 0 Å². The molecule has 0 unspecified atom stereocenters. The molecule has 0 heterocycles. The van der Waals surface area contributed by atoms with Crippen LogP contribution >= 0.6 is 59.7 Å². The van der Waals surface area contributed by atoms with Gasteiger partial charge in [-0.1, -0.05) is 96.9 Å². The van der Waals surface area contributed by atoms with Crippen LogP contribution in [-0.4, -0.2) is 7.06 Å². The number of thioether (sulfide) groups is 3. The summed E-state index contributed by atoms with van der Waals surface area (Å²) in [6, 6.07) is 20.7. The minimum Gasteiger partial charge on any atom is -0.103 e. The van der Waals surface area contributed by atoms with Crippen LogP contribution in [0.4, 0.5) is 0 Å². The quantitative estimate of drug-likeness (QED) is 0.593. The van der Waals surface area contributed by atoms with Crippen LogP contribution in [-0.2, 0) is 11.5 Å². The average molecular weight is 367 g/mol. The molecule has 0 nitrogen and oxygen atoms in total. The van der Waals surface area contributed by atoms with Crippen LogP contribution in [0.15, 0.2) is 60.7 Å². The zero-order valence-electron chi connectivity index (χ0n) is 11.2. The SMILES string of the molecule is S=C(SCc1ccccc1)SC(=S)SCc1ccccc1. The van der Waals surface area contributed by atoms with Crippen LogP contribution < -0.4 is 0 Å². The molecular formula is C16H14S5. The lowest BCUT2D eigenvalue weighted by Crippen LogP contribution is -1.90. The fraction of sp³-hybridized carbons (Fsp3) is 0.125. The lowest BCUT2D eigenvalue weighted by Gasteiger charge is -2.05. The van der Waals surface area contributed by atoms with Crippen LogP contribution in [0.5, 0.6) is 0 Å². The van der Waals surface area contributed by atoms with Crippen LogP contribution in [0.1, 0.15) is 11.1 Å². The molecule has 2 aromatic carbocycles. The van der Waals surface area contributed by atoms with Crippen LogP contribution in [0.2, 0.25) is 0 Å². The van der Waals surface area contributed by atoms with Gasteiger partial charge in [-0.3, -0.25) is 0 Å². The number of hydrogen-bond donors (Lipinski definition) is 0. The normalized spacial score (nSPS) is 10.3. The minimum absolute atomic E-state index is 0.893. The summed E-state index contributed by atoms with van der Waals surface area (Å²) < 4.78 is 1.79. The van der Waals surface area contributed by atoms with Gasteiger partial charge in [-0.15, -0.1) is 23.5 Å². The van der Waals surface area contributed by atoms with Gasteiger partial charge in [0.2, 0.25) is 0 Å². The molecule has 21 heavy (non-hydrogen) atoms. The Morgan fingerprint density at radius 2 is 1.05 bits per heavy atom. The zero-order valence-corrected chi connectivity index (χ0v) is 15.3. The summed E-state index contributed by atoms with van der Waals surface area (Å²) in [5, 5.41) is 0. The molecule has 0 fully saturated rings. The predicted octanol–water partition coefficient (Wildman–Crippen LogP) is 6.16. The first kappa shape index (κ1) is 17.0. The number of thiocarbonyl (C=S) groups is 2. The molecule has 0 aromatic heterocycles. The van der Waals surface area contributed by atoms with E-state index in [1.807, 2.05) is 36.4 Å². The van der Waals surface area contributed by atoms with Gasteiger partial charge in [0.1, 0.15) is 7.06 Å². The first-order valence-electron chi connectivity index (χ1n) is 6.33. The lowest BCUT2D eigenvalue weighted by atomic mass is 10.2. The molecule has 0 N–H and O–H groups in total. The van der Waals surface area contributed by atoms with E-state index in [-0.39, 0.29) is 0 Å². The molecule has 0 bridgehead atoms. The molecule has 0 amide bonds. The maximum atomic E-state index is 5.39. The van der Waals surface area contributed by atoms with E-state index in [4.69, 9.17) is 24.4 Å². The van der Waals surface area contributed by atoms with E-state index < -0.39 is 0 Å². The van der Waals surface area contributed by atoms with Crippen molar-refractivity contribution in [2.24, 2.45) is 0 Å². The van der Waals surface area contributed by atoms with Crippen molar-refractivity contribution < 1.29 is 0 Å². The molecule has 2 rings (SSSR count). The van der Waals surface area contributed by atoms with Gasteiger partial charge in [-0.25, -0.2) is 0 Å². The van der Waals surface area contributed by atoms with Crippen LogP contribution in [0.25, 0.3) is 0 Å². The molecule has 0 spiro atoms. The second kappa shape index (κ2) is 9.64. The van der Waals surface area contributed by atoms with Crippen LogP contribution in [0, 0.1) is 0 Å². The van der Waals surface area contributed by atoms with Crippen LogP contribution in [0.3, 0.4) is 0 Å². The summed E-state index contributed by atoms with van der Waals surface area (Å²) in [6.45, 7) is 0. The third kappa shape index (κ3) is 6.98. The molecule has 108 valence electrons. The molecule has 0 aliphatic heterocycles. The fourth-order valence-corrected chi connectivity index (χ4v) is 5.46. The van der Waals surface area contributed by atoms with Gasteiger partial charge in [-0.2, -0.15) is 0 Å². The molecule has 0 aliphatic rings.